The molecule has 0 spiro atoms. The van der Waals surface area contributed by atoms with E-state index in [0.29, 0.717) is 30.0 Å². The summed E-state index contributed by atoms with van der Waals surface area (Å²) in [5.41, 5.74) is 2.30. The molecule has 2 aromatic carbocycles. The summed E-state index contributed by atoms with van der Waals surface area (Å²) in [6, 6.07) is 12.3. The van der Waals surface area contributed by atoms with Crippen molar-refractivity contribution in [3.05, 3.63) is 59.2 Å². The predicted octanol–water partition coefficient (Wildman–Crippen LogP) is 3.55. The zero-order valence-corrected chi connectivity index (χ0v) is 16.3. The van der Waals surface area contributed by atoms with Gasteiger partial charge in [0.25, 0.3) is 11.8 Å². The van der Waals surface area contributed by atoms with Crippen molar-refractivity contribution < 1.29 is 19.1 Å². The van der Waals surface area contributed by atoms with Gasteiger partial charge in [0.1, 0.15) is 5.75 Å². The Bertz CT molecular complexity index is 844. The molecular formula is C22H26N2O4. The number of nitrogens with one attached hydrogen (secondary N) is 2. The molecule has 1 aliphatic rings. The quantitative estimate of drug-likeness (QED) is 0.768. The van der Waals surface area contributed by atoms with Gasteiger partial charge in [-0.2, -0.15) is 0 Å². The number of aryl methyl sites for hydroxylation is 1. The van der Waals surface area contributed by atoms with Gasteiger partial charge < -0.3 is 20.1 Å². The minimum absolute atomic E-state index is 0.0672. The number of benzene rings is 2. The lowest BCUT2D eigenvalue weighted by atomic mass is 10.1. The molecule has 0 radical (unpaired) electrons. The van der Waals surface area contributed by atoms with Gasteiger partial charge in [-0.25, -0.2) is 0 Å². The number of hydrogen-bond donors (Lipinski definition) is 2. The van der Waals surface area contributed by atoms with Gasteiger partial charge in [-0.3, -0.25) is 9.59 Å². The fourth-order valence-electron chi connectivity index (χ4n) is 3.20. The molecule has 6 nitrogen and oxygen atoms in total. The van der Waals surface area contributed by atoms with E-state index in [2.05, 4.69) is 10.6 Å². The second-order valence-electron chi connectivity index (χ2n) is 6.76. The maximum atomic E-state index is 12.7. The predicted molar refractivity (Wildman–Crippen MR) is 108 cm³/mol. The lowest BCUT2D eigenvalue weighted by Crippen LogP contribution is -2.32. The number of ether oxygens (including phenoxy) is 2. The van der Waals surface area contributed by atoms with Crippen LogP contribution < -0.4 is 15.4 Å². The Hall–Kier alpha value is -2.86. The Kier molecular flexibility index (Phi) is 6.66. The van der Waals surface area contributed by atoms with Crippen molar-refractivity contribution in [2.24, 2.45) is 0 Å². The van der Waals surface area contributed by atoms with Crippen LogP contribution >= 0.6 is 0 Å². The normalized spacial score (nSPS) is 15.9. The van der Waals surface area contributed by atoms with Crippen molar-refractivity contribution in [2.45, 2.75) is 32.8 Å². The third-order valence-electron chi connectivity index (χ3n) is 4.67. The van der Waals surface area contributed by atoms with Crippen molar-refractivity contribution in [3.8, 4) is 5.75 Å². The largest absolute Gasteiger partial charge is 0.494 e. The number of hydrogen-bond acceptors (Lipinski definition) is 4. The first kappa shape index (κ1) is 19.9. The Morgan fingerprint density at radius 1 is 1.18 bits per heavy atom. The van der Waals surface area contributed by atoms with Crippen molar-refractivity contribution in [1.29, 1.82) is 0 Å². The summed E-state index contributed by atoms with van der Waals surface area (Å²) >= 11 is 0. The molecule has 0 aromatic heterocycles. The Balaban J connectivity index is 1.69. The third kappa shape index (κ3) is 4.89. The fraction of sp³-hybridized carbons (Fsp3) is 0.364. The van der Waals surface area contributed by atoms with E-state index in [-0.39, 0.29) is 17.9 Å². The first-order chi connectivity index (χ1) is 13.6. The molecule has 3 rings (SSSR count). The summed E-state index contributed by atoms with van der Waals surface area (Å²) in [4.78, 5) is 25.3. The van der Waals surface area contributed by atoms with Crippen LogP contribution in [0.15, 0.2) is 42.5 Å². The average Bonchev–Trinajstić information content (AvgIpc) is 3.22. The molecule has 0 bridgehead atoms. The van der Waals surface area contributed by atoms with Gasteiger partial charge in [0, 0.05) is 18.7 Å². The molecule has 2 amide bonds. The van der Waals surface area contributed by atoms with Gasteiger partial charge in [0.05, 0.1) is 24.0 Å². The number of carbonyl (C=O) groups is 2. The maximum absolute atomic E-state index is 12.7. The fourth-order valence-corrected chi connectivity index (χ4v) is 3.20. The standard InChI is InChI=1S/C22H26N2O4/c1-3-27-20-11-10-16(13-15(20)2)21(25)24-19-9-5-4-8-18(19)22(26)23-14-17-7-6-12-28-17/h4-5,8-11,13,17H,3,6-7,12,14H2,1-2H3,(H,23,26)(H,24,25). The van der Waals surface area contributed by atoms with Crippen LogP contribution in [-0.2, 0) is 4.74 Å². The van der Waals surface area contributed by atoms with E-state index in [1.165, 1.54) is 0 Å². The van der Waals surface area contributed by atoms with Gasteiger partial charge in [-0.15, -0.1) is 0 Å². The number of anilines is 1. The Morgan fingerprint density at radius 2 is 2.00 bits per heavy atom. The summed E-state index contributed by atoms with van der Waals surface area (Å²) < 4.78 is 11.0. The van der Waals surface area contributed by atoms with Crippen LogP contribution in [0.1, 0.15) is 46.0 Å². The molecule has 2 N–H and O–H groups in total. The van der Waals surface area contributed by atoms with E-state index in [4.69, 9.17) is 9.47 Å². The van der Waals surface area contributed by atoms with Crippen LogP contribution in [0.4, 0.5) is 5.69 Å². The zero-order chi connectivity index (χ0) is 19.9. The van der Waals surface area contributed by atoms with Crippen LogP contribution in [0.5, 0.6) is 5.75 Å². The molecule has 0 saturated carbocycles. The second kappa shape index (κ2) is 9.37. The van der Waals surface area contributed by atoms with Crippen LogP contribution in [-0.4, -0.2) is 37.7 Å². The number of amides is 2. The van der Waals surface area contributed by atoms with E-state index in [1.807, 2.05) is 13.8 Å². The van der Waals surface area contributed by atoms with E-state index in [9.17, 15) is 9.59 Å². The summed E-state index contributed by atoms with van der Waals surface area (Å²) in [7, 11) is 0. The number of para-hydroxylation sites is 1. The molecule has 6 heteroatoms. The smallest absolute Gasteiger partial charge is 0.255 e. The van der Waals surface area contributed by atoms with Crippen LogP contribution in [0.3, 0.4) is 0 Å². The monoisotopic (exact) mass is 382 g/mol. The summed E-state index contributed by atoms with van der Waals surface area (Å²) in [6.45, 7) is 5.60. The molecule has 1 atom stereocenters. The third-order valence-corrected chi connectivity index (χ3v) is 4.67. The van der Waals surface area contributed by atoms with E-state index < -0.39 is 0 Å². The van der Waals surface area contributed by atoms with Gasteiger partial charge in [0.2, 0.25) is 0 Å². The van der Waals surface area contributed by atoms with Crippen molar-refractivity contribution in [2.75, 3.05) is 25.1 Å². The summed E-state index contributed by atoms with van der Waals surface area (Å²) in [5.74, 6) is 0.257. The topological polar surface area (TPSA) is 76.7 Å². The summed E-state index contributed by atoms with van der Waals surface area (Å²) in [5, 5.41) is 5.74. The molecule has 1 fully saturated rings. The molecule has 1 aliphatic heterocycles. The van der Waals surface area contributed by atoms with E-state index >= 15 is 0 Å². The highest BCUT2D eigenvalue weighted by Crippen LogP contribution is 2.21. The van der Waals surface area contributed by atoms with E-state index in [0.717, 1.165) is 30.8 Å². The van der Waals surface area contributed by atoms with Crippen LogP contribution in [0.2, 0.25) is 0 Å². The molecule has 0 aliphatic carbocycles. The second-order valence-corrected chi connectivity index (χ2v) is 6.76. The summed E-state index contributed by atoms with van der Waals surface area (Å²) in [6.07, 6.45) is 2.04. The van der Waals surface area contributed by atoms with Crippen LogP contribution in [0, 0.1) is 6.92 Å². The Labute approximate surface area is 165 Å². The molecule has 148 valence electrons. The SMILES string of the molecule is CCOc1ccc(C(=O)Nc2ccccc2C(=O)NCC2CCCO2)cc1C. The number of rotatable bonds is 7. The first-order valence-corrected chi connectivity index (χ1v) is 9.62. The van der Waals surface area contributed by atoms with Gasteiger partial charge >= 0.3 is 0 Å². The van der Waals surface area contributed by atoms with Crippen molar-refractivity contribution in [1.82, 2.24) is 5.32 Å². The maximum Gasteiger partial charge on any atom is 0.255 e. The average molecular weight is 382 g/mol. The highest BCUT2D eigenvalue weighted by atomic mass is 16.5. The van der Waals surface area contributed by atoms with Crippen LogP contribution in [0.25, 0.3) is 0 Å². The minimum atomic E-state index is -0.273. The lowest BCUT2D eigenvalue weighted by molar-refractivity contribution is 0.0858. The highest BCUT2D eigenvalue weighted by Gasteiger charge is 2.19. The molecule has 28 heavy (non-hydrogen) atoms. The number of carbonyl (C=O) groups excluding carboxylic acids is 2. The van der Waals surface area contributed by atoms with Gasteiger partial charge in [-0.1, -0.05) is 12.1 Å². The zero-order valence-electron chi connectivity index (χ0n) is 16.3. The highest BCUT2D eigenvalue weighted by molar-refractivity contribution is 6.09. The lowest BCUT2D eigenvalue weighted by Gasteiger charge is -2.14. The van der Waals surface area contributed by atoms with E-state index in [1.54, 1.807) is 42.5 Å². The first-order valence-electron chi connectivity index (χ1n) is 9.62. The molecule has 2 aromatic rings. The molecule has 1 unspecified atom stereocenters. The van der Waals surface area contributed by atoms with Gasteiger partial charge in [-0.05, 0) is 62.6 Å². The Morgan fingerprint density at radius 3 is 2.71 bits per heavy atom. The van der Waals surface area contributed by atoms with Crippen molar-refractivity contribution in [3.63, 3.8) is 0 Å². The van der Waals surface area contributed by atoms with Gasteiger partial charge in [0.15, 0.2) is 0 Å². The molecule has 1 heterocycles. The minimum Gasteiger partial charge on any atom is -0.494 e. The molecular weight excluding hydrogens is 356 g/mol. The molecule has 1 saturated heterocycles. The van der Waals surface area contributed by atoms with Crippen molar-refractivity contribution >= 4 is 17.5 Å².